The van der Waals surface area contributed by atoms with Crippen molar-refractivity contribution in [1.29, 1.82) is 0 Å². The van der Waals surface area contributed by atoms with Crippen LogP contribution in [0.2, 0.25) is 0 Å². The highest BCUT2D eigenvalue weighted by molar-refractivity contribution is 5.98. The van der Waals surface area contributed by atoms with Crippen LogP contribution in [0.3, 0.4) is 0 Å². The maximum absolute atomic E-state index is 12.6. The predicted molar refractivity (Wildman–Crippen MR) is 116 cm³/mol. The van der Waals surface area contributed by atoms with Crippen molar-refractivity contribution in [3.8, 4) is 0 Å². The Kier molecular flexibility index (Phi) is 11.7. The lowest BCUT2D eigenvalue weighted by atomic mass is 9.93. The summed E-state index contributed by atoms with van der Waals surface area (Å²) >= 11 is 0. The van der Waals surface area contributed by atoms with Gasteiger partial charge in [-0.05, 0) is 19.3 Å². The molecular weight excluding hydrogens is 436 g/mol. The summed E-state index contributed by atoms with van der Waals surface area (Å²) in [6.07, 6.45) is 1.75. The van der Waals surface area contributed by atoms with Crippen molar-refractivity contribution in [2.24, 2.45) is 5.92 Å². The van der Waals surface area contributed by atoms with Crippen molar-refractivity contribution in [3.05, 3.63) is 18.0 Å². The van der Waals surface area contributed by atoms with Gasteiger partial charge in [0.25, 0.3) is 5.91 Å². The molecule has 2 heterocycles. The summed E-state index contributed by atoms with van der Waals surface area (Å²) in [6, 6.07) is -0.407. The summed E-state index contributed by atoms with van der Waals surface area (Å²) in [5.41, 5.74) is -0.857. The van der Waals surface area contributed by atoms with Gasteiger partial charge in [0.05, 0.1) is 32.0 Å². The normalized spacial score (nSPS) is 18.4. The highest BCUT2D eigenvalue weighted by Crippen LogP contribution is 2.29. The van der Waals surface area contributed by atoms with E-state index in [0.717, 1.165) is 0 Å². The zero-order valence-corrected chi connectivity index (χ0v) is 19.9. The van der Waals surface area contributed by atoms with Crippen molar-refractivity contribution in [3.63, 3.8) is 0 Å². The molecule has 1 aliphatic rings. The van der Waals surface area contributed by atoms with Gasteiger partial charge in [-0.3, -0.25) is 19.2 Å². The highest BCUT2D eigenvalue weighted by atomic mass is 16.6. The first-order valence-electron chi connectivity index (χ1n) is 10.4. The van der Waals surface area contributed by atoms with E-state index in [-0.39, 0.29) is 30.6 Å². The first-order chi connectivity index (χ1) is 15.6. The van der Waals surface area contributed by atoms with Gasteiger partial charge >= 0.3 is 0 Å². The molecule has 1 fully saturated rings. The number of Topliss-reactive ketones (excluding diaryl/α,β-unsaturated/α-hetero) is 1. The molecule has 0 saturated carbocycles. The Bertz CT molecular complexity index is 777. The molecule has 3 N–H and O–H groups in total. The smallest absolute Gasteiger partial charge is 0.290 e. The first kappa shape index (κ1) is 28.2. The van der Waals surface area contributed by atoms with Crippen molar-refractivity contribution in [2.75, 3.05) is 41.1 Å². The fourth-order valence-electron chi connectivity index (χ4n) is 2.77. The summed E-state index contributed by atoms with van der Waals surface area (Å²) in [7, 11) is 4.62. The number of ether oxygens (including phenoxy) is 3. The molecule has 1 saturated heterocycles. The van der Waals surface area contributed by atoms with E-state index in [2.05, 4.69) is 25.8 Å². The topological polar surface area (TPSA) is 161 Å². The molecule has 0 bridgehead atoms. The number of nitrogens with zero attached hydrogens (tertiary/aromatic N) is 1. The van der Waals surface area contributed by atoms with Gasteiger partial charge in [0.15, 0.2) is 5.78 Å². The molecule has 1 aromatic rings. The molecule has 3 atom stereocenters. The molecule has 0 aromatic carbocycles. The maximum atomic E-state index is 12.6. The number of methoxy groups -OCH3 is 2. The van der Waals surface area contributed by atoms with E-state index in [1.807, 2.05) is 13.8 Å². The number of amides is 3. The minimum absolute atomic E-state index is 0.0625. The SMILES string of the molecule is COC.COC[C@H](NC(=O)c1ccno1)C(=O)NCC(=O)N[C@@H](CC(C)C)C(=O)[C@@]1(C)CO1. The average Bonchev–Trinajstić information content (AvgIpc) is 3.26. The van der Waals surface area contributed by atoms with Gasteiger partial charge in [0, 0.05) is 27.4 Å². The minimum atomic E-state index is -1.05. The second-order valence-electron chi connectivity index (χ2n) is 8.12. The molecule has 0 aliphatic carbocycles. The van der Waals surface area contributed by atoms with E-state index in [4.69, 9.17) is 14.0 Å². The Morgan fingerprint density at radius 3 is 2.27 bits per heavy atom. The number of carbonyl (C=O) groups excluding carboxylic acids is 4. The van der Waals surface area contributed by atoms with Crippen LogP contribution in [0.4, 0.5) is 0 Å². The Labute approximate surface area is 193 Å². The number of aromatic nitrogens is 1. The predicted octanol–water partition coefficient (Wildman–Crippen LogP) is -0.313. The van der Waals surface area contributed by atoms with Gasteiger partial charge in [-0.25, -0.2) is 0 Å². The summed E-state index contributed by atoms with van der Waals surface area (Å²) in [4.78, 5) is 49.3. The van der Waals surface area contributed by atoms with E-state index in [0.29, 0.717) is 13.0 Å². The van der Waals surface area contributed by atoms with Crippen LogP contribution >= 0.6 is 0 Å². The van der Waals surface area contributed by atoms with E-state index < -0.39 is 35.4 Å². The number of ketones is 1. The van der Waals surface area contributed by atoms with E-state index in [9.17, 15) is 19.2 Å². The van der Waals surface area contributed by atoms with Gasteiger partial charge < -0.3 is 34.7 Å². The van der Waals surface area contributed by atoms with Crippen LogP contribution in [0.15, 0.2) is 16.8 Å². The lowest BCUT2D eigenvalue weighted by molar-refractivity contribution is -0.131. The molecule has 0 spiro atoms. The van der Waals surface area contributed by atoms with Gasteiger partial charge in [0.2, 0.25) is 17.6 Å². The second kappa shape index (κ2) is 13.7. The molecule has 1 aromatic heterocycles. The molecule has 12 nitrogen and oxygen atoms in total. The molecular formula is C21H34N4O8. The first-order valence-corrected chi connectivity index (χ1v) is 10.4. The number of rotatable bonds is 12. The summed E-state index contributed by atoms with van der Waals surface area (Å²) in [6.45, 7) is 5.42. The van der Waals surface area contributed by atoms with Crippen molar-refractivity contribution in [2.45, 2.75) is 44.9 Å². The average molecular weight is 471 g/mol. The number of carbonyl (C=O) groups is 4. The third-order valence-electron chi connectivity index (χ3n) is 4.50. The summed E-state index contributed by atoms with van der Waals surface area (Å²) in [5.74, 6) is -1.86. The number of epoxide rings is 1. The fourth-order valence-corrected chi connectivity index (χ4v) is 2.77. The van der Waals surface area contributed by atoms with Crippen LogP contribution in [-0.4, -0.2) is 87.4 Å². The van der Waals surface area contributed by atoms with Crippen molar-refractivity contribution >= 4 is 23.5 Å². The molecule has 1 aliphatic heterocycles. The monoisotopic (exact) mass is 470 g/mol. The molecule has 33 heavy (non-hydrogen) atoms. The molecule has 0 unspecified atom stereocenters. The number of hydrogen-bond donors (Lipinski definition) is 3. The van der Waals surface area contributed by atoms with Gasteiger partial charge in [-0.2, -0.15) is 0 Å². The maximum Gasteiger partial charge on any atom is 0.290 e. The molecule has 186 valence electrons. The standard InChI is InChI=1S/C19H28N4O7.C2H6O/c1-11(2)7-12(16(25)19(3)10-29-19)22-15(24)8-20-17(26)13(9-28-4)23-18(27)14-5-6-21-30-14;1-3-2/h5-6,11-13H,7-10H2,1-4H3,(H,20,26)(H,22,24)(H,23,27);1-2H3/t12-,13-,19+;/m0./s1. The van der Waals surface area contributed by atoms with E-state index >= 15 is 0 Å². The van der Waals surface area contributed by atoms with Crippen LogP contribution in [0.25, 0.3) is 0 Å². The Balaban J connectivity index is 0.00000172. The summed E-state index contributed by atoms with van der Waals surface area (Å²) in [5, 5.41) is 11.0. The van der Waals surface area contributed by atoms with Crippen LogP contribution in [0, 0.1) is 5.92 Å². The minimum Gasteiger partial charge on any atom is -0.388 e. The zero-order chi connectivity index (χ0) is 25.0. The molecule has 3 amide bonds. The fraction of sp³-hybridized carbons (Fsp3) is 0.667. The zero-order valence-electron chi connectivity index (χ0n) is 19.9. The van der Waals surface area contributed by atoms with E-state index in [1.54, 1.807) is 21.1 Å². The third-order valence-corrected chi connectivity index (χ3v) is 4.50. The van der Waals surface area contributed by atoms with Crippen LogP contribution < -0.4 is 16.0 Å². The van der Waals surface area contributed by atoms with Gasteiger partial charge in [-0.15, -0.1) is 0 Å². The third kappa shape index (κ3) is 9.68. The quantitative estimate of drug-likeness (QED) is 0.348. The molecule has 12 heteroatoms. The summed E-state index contributed by atoms with van der Waals surface area (Å²) < 4.78 is 19.1. The van der Waals surface area contributed by atoms with Crippen molar-refractivity contribution < 1.29 is 37.9 Å². The lowest BCUT2D eigenvalue weighted by Crippen LogP contribution is -2.53. The van der Waals surface area contributed by atoms with Gasteiger partial charge in [0.1, 0.15) is 11.6 Å². The molecule has 2 rings (SSSR count). The Hall–Kier alpha value is -2.83. The number of nitrogens with one attached hydrogen (secondary N) is 3. The highest BCUT2D eigenvalue weighted by Gasteiger charge is 2.50. The van der Waals surface area contributed by atoms with Crippen molar-refractivity contribution in [1.82, 2.24) is 21.1 Å². The Morgan fingerprint density at radius 1 is 1.15 bits per heavy atom. The Morgan fingerprint density at radius 2 is 1.79 bits per heavy atom. The number of hydrogen-bond acceptors (Lipinski definition) is 9. The lowest BCUT2D eigenvalue weighted by Gasteiger charge is -2.22. The van der Waals surface area contributed by atoms with Crippen LogP contribution in [0.5, 0.6) is 0 Å². The largest absolute Gasteiger partial charge is 0.388 e. The second-order valence-corrected chi connectivity index (χ2v) is 8.12. The molecule has 0 radical (unpaired) electrons. The van der Waals surface area contributed by atoms with Crippen LogP contribution in [0.1, 0.15) is 37.7 Å². The van der Waals surface area contributed by atoms with Crippen LogP contribution in [-0.2, 0) is 28.6 Å². The van der Waals surface area contributed by atoms with Gasteiger partial charge in [-0.1, -0.05) is 19.0 Å². The van der Waals surface area contributed by atoms with E-state index in [1.165, 1.54) is 19.4 Å².